The summed E-state index contributed by atoms with van der Waals surface area (Å²) in [6.45, 7) is 1.09. The predicted molar refractivity (Wildman–Crippen MR) is 138 cm³/mol. The van der Waals surface area contributed by atoms with Gasteiger partial charge in [-0.1, -0.05) is 18.1 Å². The van der Waals surface area contributed by atoms with E-state index in [0.29, 0.717) is 30.9 Å². The van der Waals surface area contributed by atoms with Crippen LogP contribution >= 0.6 is 0 Å². The van der Waals surface area contributed by atoms with E-state index in [4.69, 9.17) is 11.2 Å². The third-order valence-corrected chi connectivity index (χ3v) is 6.92. The van der Waals surface area contributed by atoms with Crippen molar-refractivity contribution in [3.05, 3.63) is 65.0 Å². The number of aliphatic hydroxyl groups is 1. The lowest BCUT2D eigenvalue weighted by Crippen LogP contribution is -2.50. The molecule has 0 radical (unpaired) electrons. The van der Waals surface area contributed by atoms with Crippen molar-refractivity contribution >= 4 is 11.8 Å². The monoisotopic (exact) mass is 507 g/mol. The Labute approximate surface area is 217 Å². The molecule has 2 aromatic rings. The van der Waals surface area contributed by atoms with E-state index in [2.05, 4.69) is 21.9 Å². The normalized spacial score (nSPS) is 21.1. The third kappa shape index (κ3) is 7.54. The molecule has 0 spiro atoms. The van der Waals surface area contributed by atoms with E-state index in [1.165, 1.54) is 12.1 Å². The SMILES string of the molecule is C#Cc1cccc(C2(NC[C@@H](O)[C@@H]3Cc4cc(F)cc(c4)OCCCCNC(=O)CCC(=O)N3)CC2)c1. The maximum atomic E-state index is 14.3. The Balaban J connectivity index is 1.49. The molecule has 4 N–H and O–H groups in total. The molecule has 2 bridgehead atoms. The molecule has 1 heterocycles. The quantitative estimate of drug-likeness (QED) is 0.466. The summed E-state index contributed by atoms with van der Waals surface area (Å²) in [4.78, 5) is 24.8. The zero-order chi connectivity index (χ0) is 26.3. The first-order chi connectivity index (χ1) is 17.9. The second-order valence-electron chi connectivity index (χ2n) is 9.83. The minimum Gasteiger partial charge on any atom is -0.493 e. The van der Waals surface area contributed by atoms with Crippen LogP contribution in [0.1, 0.15) is 55.2 Å². The molecule has 7 nitrogen and oxygen atoms in total. The molecule has 0 aromatic heterocycles. The van der Waals surface area contributed by atoms with Gasteiger partial charge in [-0.2, -0.15) is 0 Å². The van der Waals surface area contributed by atoms with Gasteiger partial charge in [-0.3, -0.25) is 9.59 Å². The molecule has 8 heteroatoms. The molecule has 0 saturated heterocycles. The van der Waals surface area contributed by atoms with Gasteiger partial charge >= 0.3 is 0 Å². The molecule has 1 aliphatic carbocycles. The molecule has 2 atom stereocenters. The number of hydrogen-bond acceptors (Lipinski definition) is 5. The Kier molecular flexibility index (Phi) is 8.80. The highest BCUT2D eigenvalue weighted by molar-refractivity contribution is 5.83. The van der Waals surface area contributed by atoms with Gasteiger partial charge in [0, 0.05) is 43.1 Å². The van der Waals surface area contributed by atoms with Gasteiger partial charge in [0.05, 0.1) is 18.8 Å². The number of benzene rings is 2. The molecule has 37 heavy (non-hydrogen) atoms. The number of terminal acetylenes is 1. The van der Waals surface area contributed by atoms with Crippen molar-refractivity contribution in [2.75, 3.05) is 19.7 Å². The van der Waals surface area contributed by atoms with Crippen molar-refractivity contribution < 1.29 is 23.8 Å². The Morgan fingerprint density at radius 1 is 1.16 bits per heavy atom. The Hall–Kier alpha value is -3.41. The first-order valence-electron chi connectivity index (χ1n) is 12.9. The smallest absolute Gasteiger partial charge is 0.220 e. The molecule has 1 aliphatic heterocycles. The van der Waals surface area contributed by atoms with Gasteiger partial charge in [-0.15, -0.1) is 6.42 Å². The van der Waals surface area contributed by atoms with E-state index in [9.17, 15) is 19.1 Å². The predicted octanol–water partition coefficient (Wildman–Crippen LogP) is 2.54. The Morgan fingerprint density at radius 2 is 1.97 bits per heavy atom. The van der Waals surface area contributed by atoms with E-state index in [-0.39, 0.29) is 43.2 Å². The fourth-order valence-electron chi connectivity index (χ4n) is 4.64. The van der Waals surface area contributed by atoms with Crippen LogP contribution in [0.15, 0.2) is 42.5 Å². The molecule has 2 aliphatic rings. The van der Waals surface area contributed by atoms with Gasteiger partial charge in [0.1, 0.15) is 11.6 Å². The molecular weight excluding hydrogens is 473 g/mol. The van der Waals surface area contributed by atoms with Crippen molar-refractivity contribution in [1.29, 1.82) is 0 Å². The van der Waals surface area contributed by atoms with E-state index in [0.717, 1.165) is 30.4 Å². The topological polar surface area (TPSA) is 99.7 Å². The van der Waals surface area contributed by atoms with Crippen molar-refractivity contribution in [2.45, 2.75) is 62.6 Å². The van der Waals surface area contributed by atoms with E-state index in [1.54, 1.807) is 6.07 Å². The van der Waals surface area contributed by atoms with Crippen molar-refractivity contribution in [2.24, 2.45) is 0 Å². The van der Waals surface area contributed by atoms with Crippen molar-refractivity contribution in [3.8, 4) is 18.1 Å². The van der Waals surface area contributed by atoms with Gasteiger partial charge in [0.2, 0.25) is 11.8 Å². The lowest BCUT2D eigenvalue weighted by atomic mass is 9.98. The number of ether oxygens (including phenoxy) is 1. The molecule has 0 unspecified atom stereocenters. The van der Waals surface area contributed by atoms with E-state index in [1.807, 2.05) is 24.3 Å². The molecule has 2 amide bonds. The van der Waals surface area contributed by atoms with Crippen LogP contribution < -0.4 is 20.7 Å². The summed E-state index contributed by atoms with van der Waals surface area (Å²) in [6, 6.07) is 11.5. The number of amides is 2. The summed E-state index contributed by atoms with van der Waals surface area (Å²) < 4.78 is 20.1. The minimum atomic E-state index is -0.961. The summed E-state index contributed by atoms with van der Waals surface area (Å²) in [5.41, 5.74) is 2.19. The van der Waals surface area contributed by atoms with Gasteiger partial charge in [-0.05, 0) is 67.5 Å². The fraction of sp³-hybridized carbons (Fsp3) is 0.448. The summed E-state index contributed by atoms with van der Waals surface area (Å²) in [6.07, 6.45) is 8.09. The third-order valence-electron chi connectivity index (χ3n) is 6.92. The first-order valence-corrected chi connectivity index (χ1v) is 12.9. The lowest BCUT2D eigenvalue weighted by molar-refractivity contribution is -0.127. The van der Waals surface area contributed by atoms with Crippen LogP contribution in [0.25, 0.3) is 0 Å². The molecule has 4 rings (SSSR count). The number of halogens is 1. The van der Waals surface area contributed by atoms with Crippen LogP contribution in [-0.4, -0.2) is 48.8 Å². The maximum Gasteiger partial charge on any atom is 0.220 e. The number of fused-ring (bicyclic) bond motifs is 2. The van der Waals surface area contributed by atoms with Crippen LogP contribution in [-0.2, 0) is 21.5 Å². The highest BCUT2D eigenvalue weighted by Crippen LogP contribution is 2.45. The van der Waals surface area contributed by atoms with Crippen LogP contribution in [0, 0.1) is 18.2 Å². The maximum absolute atomic E-state index is 14.3. The van der Waals surface area contributed by atoms with Gasteiger partial charge < -0.3 is 25.8 Å². The van der Waals surface area contributed by atoms with Gasteiger partial charge in [-0.25, -0.2) is 4.39 Å². The van der Waals surface area contributed by atoms with Gasteiger partial charge in [0.15, 0.2) is 0 Å². The Morgan fingerprint density at radius 3 is 2.76 bits per heavy atom. The zero-order valence-electron chi connectivity index (χ0n) is 20.9. The van der Waals surface area contributed by atoms with Gasteiger partial charge in [0.25, 0.3) is 0 Å². The molecule has 1 saturated carbocycles. The number of hydrogen-bond donors (Lipinski definition) is 4. The summed E-state index contributed by atoms with van der Waals surface area (Å²) in [7, 11) is 0. The van der Waals surface area contributed by atoms with E-state index < -0.39 is 18.0 Å². The lowest BCUT2D eigenvalue weighted by Gasteiger charge is -2.27. The number of carbonyl (C=O) groups is 2. The van der Waals surface area contributed by atoms with E-state index >= 15 is 0 Å². The largest absolute Gasteiger partial charge is 0.493 e. The summed E-state index contributed by atoms with van der Waals surface area (Å²) in [5.74, 6) is 2.07. The minimum absolute atomic E-state index is 0.00279. The second kappa shape index (κ2) is 12.2. The number of nitrogens with one attached hydrogen (secondary N) is 3. The molecular formula is C29H34FN3O4. The zero-order valence-corrected chi connectivity index (χ0v) is 20.9. The second-order valence-corrected chi connectivity index (χ2v) is 9.83. The first kappa shape index (κ1) is 26.6. The van der Waals surface area contributed by atoms with Crippen LogP contribution in [0.2, 0.25) is 0 Å². The summed E-state index contributed by atoms with van der Waals surface area (Å²) >= 11 is 0. The number of rotatable bonds is 5. The molecule has 196 valence electrons. The van der Waals surface area contributed by atoms with Crippen molar-refractivity contribution in [3.63, 3.8) is 0 Å². The molecule has 2 aromatic carbocycles. The van der Waals surface area contributed by atoms with Crippen LogP contribution in [0.4, 0.5) is 4.39 Å². The molecule has 1 fully saturated rings. The fourth-order valence-corrected chi connectivity index (χ4v) is 4.64. The number of carbonyl (C=O) groups excluding carboxylic acids is 2. The highest BCUT2D eigenvalue weighted by Gasteiger charge is 2.44. The average Bonchev–Trinajstić information content (AvgIpc) is 3.68. The highest BCUT2D eigenvalue weighted by atomic mass is 19.1. The van der Waals surface area contributed by atoms with Crippen LogP contribution in [0.5, 0.6) is 5.75 Å². The van der Waals surface area contributed by atoms with Crippen molar-refractivity contribution in [1.82, 2.24) is 16.0 Å². The number of aliphatic hydroxyl groups excluding tert-OH is 1. The Bertz CT molecular complexity index is 1160. The summed E-state index contributed by atoms with van der Waals surface area (Å²) in [5, 5.41) is 20.3. The standard InChI is InChI=1S/C29H34FN3O4/c1-2-20-6-5-7-22(14-20)29(10-11-29)32-19-26(34)25-17-21-15-23(30)18-24(16-21)37-13-4-3-12-31-27(35)8-9-28(36)33-25/h1,5-7,14-16,18,25-26,32,34H,3-4,8-13,17,19H2,(H,31,35)(H,33,36)/t25-,26+/m0/s1. The van der Waals surface area contributed by atoms with Crippen LogP contribution in [0.3, 0.4) is 0 Å². The average molecular weight is 508 g/mol.